The highest BCUT2D eigenvalue weighted by Crippen LogP contribution is 2.39. The van der Waals surface area contributed by atoms with Crippen LogP contribution in [0.1, 0.15) is 34.9 Å². The van der Waals surface area contributed by atoms with Gasteiger partial charge in [0.15, 0.2) is 5.60 Å². The van der Waals surface area contributed by atoms with Crippen molar-refractivity contribution < 1.29 is 14.3 Å². The zero-order valence-electron chi connectivity index (χ0n) is 10.3. The van der Waals surface area contributed by atoms with Gasteiger partial charge >= 0.3 is 6.09 Å². The molecule has 19 heavy (non-hydrogen) atoms. The molecule has 2 amide bonds. The van der Waals surface area contributed by atoms with E-state index in [0.717, 1.165) is 5.69 Å². The third kappa shape index (κ3) is 1.68. The number of hydrogen-bond acceptors (Lipinski definition) is 4. The topological polar surface area (TPSA) is 87.3 Å². The summed E-state index contributed by atoms with van der Waals surface area (Å²) in [5.74, 6) is 0.452. The first-order valence-electron chi connectivity index (χ1n) is 6.47. The molecule has 0 radical (unpaired) electrons. The number of alkyl carbamates (subject to hydrolysis) is 1. The maximum atomic E-state index is 12.2. The van der Waals surface area contributed by atoms with E-state index in [-0.39, 0.29) is 5.91 Å². The molecule has 0 atom stereocenters. The molecular weight excluding hydrogens is 248 g/mol. The first kappa shape index (κ1) is 10.8. The SMILES string of the molecule is O=C1NCC2(CN(C(=O)c3cc(C4CC4)[nH]n3)C2)O1. The van der Waals surface area contributed by atoms with Gasteiger partial charge in [0.25, 0.3) is 5.91 Å². The van der Waals surface area contributed by atoms with Crippen LogP contribution in [0.5, 0.6) is 0 Å². The number of aromatic amines is 1. The average Bonchev–Trinajstić information content (AvgIpc) is 2.95. The van der Waals surface area contributed by atoms with Crippen LogP contribution < -0.4 is 5.32 Å². The second-order valence-corrected chi connectivity index (χ2v) is 5.57. The molecule has 3 aliphatic rings. The summed E-state index contributed by atoms with van der Waals surface area (Å²) in [5, 5.41) is 9.61. The number of likely N-dealkylation sites (tertiary alicyclic amines) is 1. The molecule has 3 fully saturated rings. The van der Waals surface area contributed by atoms with E-state index in [9.17, 15) is 9.59 Å². The molecule has 1 aromatic rings. The summed E-state index contributed by atoms with van der Waals surface area (Å²) in [6, 6.07) is 1.84. The molecule has 7 heteroatoms. The summed E-state index contributed by atoms with van der Waals surface area (Å²) in [5.41, 5.74) is 0.990. The lowest BCUT2D eigenvalue weighted by atomic mass is 9.94. The molecule has 1 saturated carbocycles. The highest BCUT2D eigenvalue weighted by molar-refractivity contribution is 5.93. The molecule has 3 heterocycles. The second-order valence-electron chi connectivity index (χ2n) is 5.57. The van der Waals surface area contributed by atoms with Crippen LogP contribution in [0.15, 0.2) is 6.07 Å². The van der Waals surface area contributed by atoms with Crippen LogP contribution in [0.4, 0.5) is 4.79 Å². The lowest BCUT2D eigenvalue weighted by molar-refractivity contribution is -0.0577. The van der Waals surface area contributed by atoms with Gasteiger partial charge in [-0.1, -0.05) is 0 Å². The fourth-order valence-corrected chi connectivity index (χ4v) is 2.68. The lowest BCUT2D eigenvalue weighted by Crippen LogP contribution is -2.65. The first-order valence-corrected chi connectivity index (χ1v) is 6.47. The number of H-pyrrole nitrogens is 1. The molecule has 0 aromatic carbocycles. The van der Waals surface area contributed by atoms with Crippen molar-refractivity contribution in [2.75, 3.05) is 19.6 Å². The summed E-state index contributed by atoms with van der Waals surface area (Å²) in [6.45, 7) is 1.36. The Hall–Kier alpha value is -2.05. The van der Waals surface area contributed by atoms with Gasteiger partial charge in [-0.15, -0.1) is 0 Å². The molecule has 0 unspecified atom stereocenters. The number of ether oxygens (including phenoxy) is 1. The third-order valence-electron chi connectivity index (χ3n) is 3.94. The van der Waals surface area contributed by atoms with E-state index in [1.165, 1.54) is 12.8 Å². The predicted octanol–water partition coefficient (Wildman–Crippen LogP) is 0.221. The van der Waals surface area contributed by atoms with Crippen LogP contribution in [-0.4, -0.2) is 52.3 Å². The van der Waals surface area contributed by atoms with Gasteiger partial charge in [0.05, 0.1) is 19.6 Å². The Morgan fingerprint density at radius 2 is 2.26 bits per heavy atom. The van der Waals surface area contributed by atoms with Gasteiger partial charge in [-0.25, -0.2) is 4.79 Å². The molecule has 4 rings (SSSR count). The van der Waals surface area contributed by atoms with Gasteiger partial charge in [0, 0.05) is 11.6 Å². The van der Waals surface area contributed by atoms with Crippen LogP contribution in [0.25, 0.3) is 0 Å². The monoisotopic (exact) mass is 262 g/mol. The maximum absolute atomic E-state index is 12.2. The molecule has 0 bridgehead atoms. The van der Waals surface area contributed by atoms with Gasteiger partial charge in [0.2, 0.25) is 0 Å². The molecule has 100 valence electrons. The minimum Gasteiger partial charge on any atom is -0.437 e. The normalized spacial score (nSPS) is 24.0. The van der Waals surface area contributed by atoms with Gasteiger partial charge in [-0.05, 0) is 18.9 Å². The van der Waals surface area contributed by atoms with E-state index in [4.69, 9.17) is 4.74 Å². The Morgan fingerprint density at radius 3 is 2.89 bits per heavy atom. The molecule has 2 aliphatic heterocycles. The number of amides is 2. The highest BCUT2D eigenvalue weighted by atomic mass is 16.6. The average molecular weight is 262 g/mol. The van der Waals surface area contributed by atoms with Crippen molar-refractivity contribution in [2.45, 2.75) is 24.4 Å². The number of nitrogens with zero attached hydrogens (tertiary/aromatic N) is 2. The van der Waals surface area contributed by atoms with Crippen LogP contribution in [0, 0.1) is 0 Å². The number of aromatic nitrogens is 2. The van der Waals surface area contributed by atoms with Crippen molar-refractivity contribution in [3.63, 3.8) is 0 Å². The van der Waals surface area contributed by atoms with Gasteiger partial charge in [-0.3, -0.25) is 9.89 Å². The fourth-order valence-electron chi connectivity index (χ4n) is 2.68. The third-order valence-corrected chi connectivity index (χ3v) is 3.94. The van der Waals surface area contributed by atoms with Crippen LogP contribution >= 0.6 is 0 Å². The molecule has 7 nitrogen and oxygen atoms in total. The number of carbonyl (C=O) groups excluding carboxylic acids is 2. The van der Waals surface area contributed by atoms with E-state index in [0.29, 0.717) is 31.2 Å². The van der Waals surface area contributed by atoms with Crippen molar-refractivity contribution in [3.8, 4) is 0 Å². The molecule has 1 spiro atoms. The van der Waals surface area contributed by atoms with E-state index >= 15 is 0 Å². The number of hydrogen-bond donors (Lipinski definition) is 2. The fraction of sp³-hybridized carbons (Fsp3) is 0.583. The number of nitrogens with one attached hydrogen (secondary N) is 2. The maximum Gasteiger partial charge on any atom is 0.408 e. The zero-order chi connectivity index (χ0) is 13.0. The molecule has 1 aromatic heterocycles. The highest BCUT2D eigenvalue weighted by Gasteiger charge is 2.52. The van der Waals surface area contributed by atoms with Gasteiger partial charge in [-0.2, -0.15) is 5.10 Å². The molecule has 2 saturated heterocycles. The van der Waals surface area contributed by atoms with E-state index in [1.54, 1.807) is 4.90 Å². The zero-order valence-corrected chi connectivity index (χ0v) is 10.3. The van der Waals surface area contributed by atoms with E-state index in [1.807, 2.05) is 6.07 Å². The lowest BCUT2D eigenvalue weighted by Gasteiger charge is -2.44. The number of carbonyl (C=O) groups is 2. The molecular formula is C12H14N4O3. The van der Waals surface area contributed by atoms with Crippen LogP contribution in [-0.2, 0) is 4.74 Å². The quantitative estimate of drug-likeness (QED) is 0.798. The van der Waals surface area contributed by atoms with E-state index < -0.39 is 11.7 Å². The van der Waals surface area contributed by atoms with Crippen LogP contribution in [0.2, 0.25) is 0 Å². The molecule has 1 aliphatic carbocycles. The predicted molar refractivity (Wildman–Crippen MR) is 63.7 cm³/mol. The summed E-state index contributed by atoms with van der Waals surface area (Å²) in [7, 11) is 0. The summed E-state index contributed by atoms with van der Waals surface area (Å²) < 4.78 is 5.18. The first-order chi connectivity index (χ1) is 9.15. The van der Waals surface area contributed by atoms with E-state index in [2.05, 4.69) is 15.5 Å². The Morgan fingerprint density at radius 1 is 1.47 bits per heavy atom. The van der Waals surface area contributed by atoms with Gasteiger partial charge < -0.3 is 15.0 Å². The number of rotatable bonds is 2. The largest absolute Gasteiger partial charge is 0.437 e. The second kappa shape index (κ2) is 3.49. The Kier molecular flexibility index (Phi) is 1.99. The Labute approximate surface area is 109 Å². The Balaban J connectivity index is 1.43. The van der Waals surface area contributed by atoms with Crippen molar-refractivity contribution >= 4 is 12.0 Å². The van der Waals surface area contributed by atoms with Crippen molar-refractivity contribution in [3.05, 3.63) is 17.5 Å². The Bertz CT molecular complexity index is 557. The van der Waals surface area contributed by atoms with Crippen molar-refractivity contribution in [1.82, 2.24) is 20.4 Å². The standard InChI is InChI=1S/C12H14N4O3/c17-10(9-3-8(14-15-9)7-1-2-7)16-5-12(6-16)4-13-11(18)19-12/h3,7H,1-2,4-6H2,(H,13,18)(H,14,15). The summed E-state index contributed by atoms with van der Waals surface area (Å²) >= 11 is 0. The van der Waals surface area contributed by atoms with Crippen LogP contribution in [0.3, 0.4) is 0 Å². The summed E-state index contributed by atoms with van der Waals surface area (Å²) in [4.78, 5) is 24.9. The van der Waals surface area contributed by atoms with Crippen molar-refractivity contribution in [2.24, 2.45) is 0 Å². The van der Waals surface area contributed by atoms with Crippen molar-refractivity contribution in [1.29, 1.82) is 0 Å². The smallest absolute Gasteiger partial charge is 0.408 e. The molecule has 2 N–H and O–H groups in total. The minimum absolute atomic E-state index is 0.100. The minimum atomic E-state index is -0.512. The van der Waals surface area contributed by atoms with Gasteiger partial charge in [0.1, 0.15) is 5.69 Å². The summed E-state index contributed by atoms with van der Waals surface area (Å²) in [6.07, 6.45) is 1.94.